The summed E-state index contributed by atoms with van der Waals surface area (Å²) in [6.07, 6.45) is -4.51. The van der Waals surface area contributed by atoms with Crippen LogP contribution < -0.4 is 0 Å². The number of phenolic OH excluding ortho intramolecular Hbond substituents is 1. The Balaban J connectivity index is 2.57. The monoisotopic (exact) mass is 295 g/mol. The number of pyridine rings is 1. The van der Waals surface area contributed by atoms with E-state index in [1.54, 1.807) is 12.1 Å². The fourth-order valence-corrected chi connectivity index (χ4v) is 1.95. The largest absolute Gasteiger partial charge is 0.507 e. The lowest BCUT2D eigenvalue weighted by molar-refractivity contribution is -0.141. The molecule has 2 nitrogen and oxygen atoms in total. The molecule has 2 rings (SSSR count). The average molecular weight is 295 g/mol. The molecular weight excluding hydrogens is 279 g/mol. The van der Waals surface area contributed by atoms with Gasteiger partial charge in [-0.3, -0.25) is 0 Å². The van der Waals surface area contributed by atoms with Crippen LogP contribution in [0.5, 0.6) is 5.75 Å². The molecule has 0 bridgehead atoms. The Hall–Kier alpha value is -2.04. The minimum atomic E-state index is -4.51. The average Bonchev–Trinajstić information content (AvgIpc) is 2.37. The highest BCUT2D eigenvalue weighted by molar-refractivity contribution is 5.68. The van der Waals surface area contributed by atoms with E-state index < -0.39 is 11.9 Å². The number of aromatic hydroxyl groups is 1. The van der Waals surface area contributed by atoms with Gasteiger partial charge in [0.05, 0.1) is 5.69 Å². The molecule has 0 unspecified atom stereocenters. The van der Waals surface area contributed by atoms with Gasteiger partial charge in [-0.15, -0.1) is 0 Å². The maximum Gasteiger partial charge on any atom is 0.433 e. The SMILES string of the molecule is CC(C)(C)c1ccc(O)c(-c2cccc(C(F)(F)F)n2)c1. The maximum atomic E-state index is 12.7. The van der Waals surface area contributed by atoms with Crippen molar-refractivity contribution in [3.8, 4) is 17.0 Å². The molecule has 0 aliphatic heterocycles. The van der Waals surface area contributed by atoms with Gasteiger partial charge in [-0.05, 0) is 35.2 Å². The van der Waals surface area contributed by atoms with Crippen LogP contribution in [0.25, 0.3) is 11.3 Å². The number of nitrogens with zero attached hydrogens (tertiary/aromatic N) is 1. The molecule has 0 radical (unpaired) electrons. The predicted molar refractivity (Wildman–Crippen MR) is 75.0 cm³/mol. The van der Waals surface area contributed by atoms with Crippen LogP contribution in [0.1, 0.15) is 32.0 Å². The highest BCUT2D eigenvalue weighted by atomic mass is 19.4. The number of phenols is 1. The lowest BCUT2D eigenvalue weighted by Gasteiger charge is -2.20. The second-order valence-corrected chi connectivity index (χ2v) is 5.89. The molecule has 0 saturated carbocycles. The summed E-state index contributed by atoms with van der Waals surface area (Å²) in [5.74, 6) is -0.0881. The molecule has 1 aromatic heterocycles. The van der Waals surface area contributed by atoms with E-state index in [9.17, 15) is 18.3 Å². The molecule has 0 fully saturated rings. The van der Waals surface area contributed by atoms with E-state index in [0.29, 0.717) is 5.56 Å². The lowest BCUT2D eigenvalue weighted by Crippen LogP contribution is -2.11. The summed E-state index contributed by atoms with van der Waals surface area (Å²) in [6, 6.07) is 8.57. The molecule has 21 heavy (non-hydrogen) atoms. The van der Waals surface area contributed by atoms with Crippen molar-refractivity contribution in [2.75, 3.05) is 0 Å². The fourth-order valence-electron chi connectivity index (χ4n) is 1.95. The standard InChI is InChI=1S/C16H16F3NO/c1-15(2,3)10-7-8-13(21)11(9-10)12-5-4-6-14(20-12)16(17,18)19/h4-9,21H,1-3H3. The summed E-state index contributed by atoms with van der Waals surface area (Å²) in [6.45, 7) is 5.97. The zero-order valence-corrected chi connectivity index (χ0v) is 12.0. The van der Waals surface area contributed by atoms with Crippen molar-refractivity contribution in [1.82, 2.24) is 4.98 Å². The summed E-state index contributed by atoms with van der Waals surface area (Å²) in [4.78, 5) is 3.61. The van der Waals surface area contributed by atoms with Crippen molar-refractivity contribution in [2.24, 2.45) is 0 Å². The number of rotatable bonds is 1. The van der Waals surface area contributed by atoms with Gasteiger partial charge in [-0.1, -0.05) is 32.9 Å². The van der Waals surface area contributed by atoms with Crippen LogP contribution in [0, 0.1) is 0 Å². The smallest absolute Gasteiger partial charge is 0.433 e. The van der Waals surface area contributed by atoms with Gasteiger partial charge < -0.3 is 5.11 Å². The van der Waals surface area contributed by atoms with Gasteiger partial charge in [0.25, 0.3) is 0 Å². The zero-order valence-electron chi connectivity index (χ0n) is 12.0. The Morgan fingerprint density at radius 3 is 2.24 bits per heavy atom. The van der Waals surface area contributed by atoms with Gasteiger partial charge in [-0.2, -0.15) is 13.2 Å². The molecule has 0 aliphatic rings. The van der Waals surface area contributed by atoms with Crippen molar-refractivity contribution in [2.45, 2.75) is 32.4 Å². The van der Waals surface area contributed by atoms with Crippen molar-refractivity contribution < 1.29 is 18.3 Å². The topological polar surface area (TPSA) is 33.1 Å². The quantitative estimate of drug-likeness (QED) is 0.822. The molecule has 1 heterocycles. The molecular formula is C16H16F3NO. The Morgan fingerprint density at radius 2 is 1.67 bits per heavy atom. The van der Waals surface area contributed by atoms with Gasteiger partial charge in [-0.25, -0.2) is 4.98 Å². The molecule has 0 aliphatic carbocycles. The third kappa shape index (κ3) is 3.35. The van der Waals surface area contributed by atoms with Gasteiger partial charge in [0.15, 0.2) is 0 Å². The van der Waals surface area contributed by atoms with Crippen molar-refractivity contribution in [3.63, 3.8) is 0 Å². The van der Waals surface area contributed by atoms with Gasteiger partial charge >= 0.3 is 6.18 Å². The normalized spacial score (nSPS) is 12.5. The van der Waals surface area contributed by atoms with Gasteiger partial charge in [0.1, 0.15) is 11.4 Å². The molecule has 0 amide bonds. The first-order chi connectivity index (χ1) is 9.59. The Morgan fingerprint density at radius 1 is 1.00 bits per heavy atom. The van der Waals surface area contributed by atoms with E-state index in [1.165, 1.54) is 18.2 Å². The maximum absolute atomic E-state index is 12.7. The van der Waals surface area contributed by atoms with Crippen molar-refractivity contribution in [3.05, 3.63) is 47.7 Å². The van der Waals surface area contributed by atoms with Crippen LogP contribution in [0.2, 0.25) is 0 Å². The van der Waals surface area contributed by atoms with Gasteiger partial charge in [0, 0.05) is 5.56 Å². The second kappa shape index (κ2) is 5.06. The predicted octanol–water partition coefficient (Wildman–Crippen LogP) is 4.77. The van der Waals surface area contributed by atoms with Crippen molar-refractivity contribution >= 4 is 0 Å². The number of aromatic nitrogens is 1. The lowest BCUT2D eigenvalue weighted by atomic mass is 9.85. The van der Waals surface area contributed by atoms with Gasteiger partial charge in [0.2, 0.25) is 0 Å². The van der Waals surface area contributed by atoms with E-state index in [0.717, 1.165) is 11.6 Å². The second-order valence-electron chi connectivity index (χ2n) is 5.89. The summed E-state index contributed by atoms with van der Waals surface area (Å²) in [5, 5.41) is 9.93. The third-order valence-corrected chi connectivity index (χ3v) is 3.18. The number of hydrogen-bond acceptors (Lipinski definition) is 2. The molecule has 0 atom stereocenters. The molecule has 1 N–H and O–H groups in total. The van der Waals surface area contributed by atoms with E-state index >= 15 is 0 Å². The number of hydrogen-bond donors (Lipinski definition) is 1. The first kappa shape index (κ1) is 15.4. The highest BCUT2D eigenvalue weighted by Crippen LogP contribution is 2.35. The van der Waals surface area contributed by atoms with Crippen LogP contribution >= 0.6 is 0 Å². The summed E-state index contributed by atoms with van der Waals surface area (Å²) in [5.41, 5.74) is 0.168. The summed E-state index contributed by atoms with van der Waals surface area (Å²) >= 11 is 0. The minimum absolute atomic E-state index is 0.0881. The fraction of sp³-hybridized carbons (Fsp3) is 0.312. The van der Waals surface area contributed by atoms with Crippen molar-refractivity contribution in [1.29, 1.82) is 0 Å². The highest BCUT2D eigenvalue weighted by Gasteiger charge is 2.32. The number of halogens is 3. The Labute approximate surface area is 121 Å². The van der Waals surface area contributed by atoms with Crippen LogP contribution in [-0.2, 0) is 11.6 Å². The van der Waals surface area contributed by atoms with E-state index in [2.05, 4.69) is 4.98 Å². The Kier molecular flexibility index (Phi) is 3.70. The molecule has 1 aromatic carbocycles. The molecule has 5 heteroatoms. The number of alkyl halides is 3. The molecule has 0 spiro atoms. The Bertz CT molecular complexity index is 657. The zero-order chi connectivity index (χ0) is 15.8. The summed E-state index contributed by atoms with van der Waals surface area (Å²) < 4.78 is 38.2. The van der Waals surface area contributed by atoms with Crippen LogP contribution in [0.4, 0.5) is 13.2 Å². The third-order valence-electron chi connectivity index (χ3n) is 3.18. The summed E-state index contributed by atoms with van der Waals surface area (Å²) in [7, 11) is 0. The molecule has 2 aromatic rings. The number of benzene rings is 1. The van der Waals surface area contributed by atoms with E-state index in [1.807, 2.05) is 20.8 Å². The molecule has 0 saturated heterocycles. The first-order valence-electron chi connectivity index (χ1n) is 6.47. The minimum Gasteiger partial charge on any atom is -0.507 e. The first-order valence-corrected chi connectivity index (χ1v) is 6.47. The molecule has 112 valence electrons. The van der Waals surface area contributed by atoms with E-state index in [4.69, 9.17) is 0 Å². The van der Waals surface area contributed by atoms with Crippen LogP contribution in [0.3, 0.4) is 0 Å². The van der Waals surface area contributed by atoms with Crippen LogP contribution in [0.15, 0.2) is 36.4 Å². The van der Waals surface area contributed by atoms with E-state index in [-0.39, 0.29) is 16.9 Å². The van der Waals surface area contributed by atoms with Crippen LogP contribution in [-0.4, -0.2) is 10.1 Å².